The van der Waals surface area contributed by atoms with Crippen molar-refractivity contribution in [3.63, 3.8) is 0 Å². The number of nitrogens with zero attached hydrogens (tertiary/aromatic N) is 2. The molecule has 0 fully saturated rings. The lowest BCUT2D eigenvalue weighted by Gasteiger charge is -2.21. The van der Waals surface area contributed by atoms with E-state index in [0.717, 1.165) is 42.2 Å². The van der Waals surface area contributed by atoms with Gasteiger partial charge in [-0.3, -0.25) is 4.79 Å². The molecule has 0 N–H and O–H groups in total. The number of hydrogen-bond donors (Lipinski definition) is 0. The van der Waals surface area contributed by atoms with Crippen LogP contribution in [0.1, 0.15) is 24.2 Å². The van der Waals surface area contributed by atoms with Gasteiger partial charge in [-0.25, -0.2) is 0 Å². The second kappa shape index (κ2) is 12.1. The molecule has 0 atom stereocenters. The molecule has 0 heterocycles. The van der Waals surface area contributed by atoms with Crippen LogP contribution >= 0.6 is 0 Å². The van der Waals surface area contributed by atoms with Crippen molar-refractivity contribution in [1.82, 2.24) is 4.90 Å². The van der Waals surface area contributed by atoms with Gasteiger partial charge in [-0.1, -0.05) is 38.1 Å². The van der Waals surface area contributed by atoms with Gasteiger partial charge in [0.25, 0.3) is 5.91 Å². The molecule has 0 radical (unpaired) electrons. The number of benzene rings is 3. The summed E-state index contributed by atoms with van der Waals surface area (Å²) in [7, 11) is 5.01. The Morgan fingerprint density at radius 2 is 1.41 bits per heavy atom. The summed E-state index contributed by atoms with van der Waals surface area (Å²) in [4.78, 5) is 17.0. The highest BCUT2D eigenvalue weighted by atomic mass is 16.5. The van der Waals surface area contributed by atoms with Crippen molar-refractivity contribution in [2.24, 2.45) is 0 Å². The minimum absolute atomic E-state index is 0.0986. The molecular formula is C28H34N2O4. The van der Waals surface area contributed by atoms with Crippen molar-refractivity contribution in [3.8, 4) is 28.4 Å². The Kier molecular flexibility index (Phi) is 8.93. The van der Waals surface area contributed by atoms with Crippen molar-refractivity contribution in [1.29, 1.82) is 0 Å². The van der Waals surface area contributed by atoms with E-state index in [0.29, 0.717) is 23.7 Å². The van der Waals surface area contributed by atoms with Gasteiger partial charge >= 0.3 is 0 Å². The summed E-state index contributed by atoms with van der Waals surface area (Å²) in [6.07, 6.45) is 0. The van der Waals surface area contributed by atoms with Crippen LogP contribution < -0.4 is 19.1 Å². The molecule has 1 amide bonds. The quantitative estimate of drug-likeness (QED) is 0.384. The maximum absolute atomic E-state index is 13.1. The van der Waals surface area contributed by atoms with Crippen molar-refractivity contribution in [2.45, 2.75) is 13.8 Å². The van der Waals surface area contributed by atoms with Crippen molar-refractivity contribution in [2.75, 3.05) is 52.4 Å². The van der Waals surface area contributed by atoms with Gasteiger partial charge in [-0.2, -0.15) is 0 Å². The largest absolute Gasteiger partial charge is 0.497 e. The third-order valence-electron chi connectivity index (χ3n) is 5.95. The van der Waals surface area contributed by atoms with Crippen LogP contribution in [0.4, 0.5) is 5.69 Å². The summed E-state index contributed by atoms with van der Waals surface area (Å²) in [5.74, 6) is 1.99. The molecule has 0 saturated carbocycles. The van der Waals surface area contributed by atoms with Gasteiger partial charge in [0.15, 0.2) is 11.5 Å². The lowest BCUT2D eigenvalue weighted by atomic mass is 10.0. The van der Waals surface area contributed by atoms with Crippen LogP contribution in [0.5, 0.6) is 17.2 Å². The van der Waals surface area contributed by atoms with Crippen LogP contribution in [0.15, 0.2) is 66.7 Å². The zero-order valence-corrected chi connectivity index (χ0v) is 20.7. The number of carbonyl (C=O) groups excluding carboxylic acids is 1. The smallest absolute Gasteiger partial charge is 0.258 e. The highest BCUT2D eigenvalue weighted by Gasteiger charge is 2.16. The highest BCUT2D eigenvalue weighted by Crippen LogP contribution is 2.32. The van der Waals surface area contributed by atoms with E-state index >= 15 is 0 Å². The SMILES string of the molecule is CCN(CC)CCOc1ccc(N(C)C(=O)c2ccc(-c3ccc(OC)cc3)cc2)cc1OC. The van der Waals surface area contributed by atoms with Crippen LogP contribution in [0, 0.1) is 0 Å². The summed E-state index contributed by atoms with van der Waals surface area (Å²) in [6.45, 7) is 7.68. The molecule has 6 nitrogen and oxygen atoms in total. The van der Waals surface area contributed by atoms with Gasteiger partial charge in [-0.15, -0.1) is 0 Å². The molecule has 6 heteroatoms. The summed E-state index contributed by atoms with van der Waals surface area (Å²) in [5, 5.41) is 0. The number of anilines is 1. The van der Waals surface area contributed by atoms with E-state index in [1.54, 1.807) is 26.2 Å². The molecule has 0 unspecified atom stereocenters. The van der Waals surface area contributed by atoms with E-state index in [1.165, 1.54) is 0 Å². The molecule has 0 bridgehead atoms. The Labute approximate surface area is 202 Å². The molecule has 0 aliphatic carbocycles. The Bertz CT molecular complexity index is 1060. The average molecular weight is 463 g/mol. The number of hydrogen-bond acceptors (Lipinski definition) is 5. The first-order chi connectivity index (χ1) is 16.5. The first-order valence-electron chi connectivity index (χ1n) is 11.6. The third kappa shape index (κ3) is 6.08. The van der Waals surface area contributed by atoms with Gasteiger partial charge in [0, 0.05) is 30.9 Å². The molecule has 0 aliphatic heterocycles. The van der Waals surface area contributed by atoms with Gasteiger partial charge < -0.3 is 24.0 Å². The van der Waals surface area contributed by atoms with Crippen LogP contribution in [-0.4, -0.2) is 58.3 Å². The van der Waals surface area contributed by atoms with Gasteiger partial charge in [0.1, 0.15) is 12.4 Å². The summed E-state index contributed by atoms with van der Waals surface area (Å²) < 4.78 is 16.7. The second-order valence-electron chi connectivity index (χ2n) is 7.88. The van der Waals surface area contributed by atoms with E-state index in [4.69, 9.17) is 14.2 Å². The fourth-order valence-electron chi connectivity index (χ4n) is 3.71. The van der Waals surface area contributed by atoms with Crippen molar-refractivity contribution >= 4 is 11.6 Å². The number of methoxy groups -OCH3 is 2. The molecule has 0 aromatic heterocycles. The zero-order valence-electron chi connectivity index (χ0n) is 20.7. The average Bonchev–Trinajstić information content (AvgIpc) is 2.90. The molecule has 3 aromatic rings. The standard InChI is InChI=1S/C28H34N2O4/c1-6-30(7-2)18-19-34-26-17-14-24(20-27(26)33-5)29(3)28(31)23-10-8-21(9-11-23)22-12-15-25(32-4)16-13-22/h8-17,20H,6-7,18-19H2,1-5H3. The molecule has 3 aromatic carbocycles. The Morgan fingerprint density at radius 1 is 0.794 bits per heavy atom. The maximum Gasteiger partial charge on any atom is 0.258 e. The first kappa shape index (κ1) is 25.1. The van der Waals surface area contributed by atoms with E-state index in [2.05, 4.69) is 18.7 Å². The minimum atomic E-state index is -0.0986. The highest BCUT2D eigenvalue weighted by molar-refractivity contribution is 6.06. The zero-order chi connectivity index (χ0) is 24.5. The van der Waals surface area contributed by atoms with Crippen LogP contribution in [0.3, 0.4) is 0 Å². The number of likely N-dealkylation sites (N-methyl/N-ethyl adjacent to an activating group) is 1. The Balaban J connectivity index is 1.69. The van der Waals surface area contributed by atoms with Crippen LogP contribution in [0.25, 0.3) is 11.1 Å². The van der Waals surface area contributed by atoms with Crippen molar-refractivity contribution < 1.29 is 19.0 Å². The minimum Gasteiger partial charge on any atom is -0.497 e. The summed E-state index contributed by atoms with van der Waals surface area (Å²) >= 11 is 0. The van der Waals surface area contributed by atoms with Gasteiger partial charge in [-0.05, 0) is 60.6 Å². The summed E-state index contributed by atoms with van der Waals surface area (Å²) in [5.41, 5.74) is 3.44. The molecule has 180 valence electrons. The second-order valence-corrected chi connectivity index (χ2v) is 7.88. The van der Waals surface area contributed by atoms with E-state index in [9.17, 15) is 4.79 Å². The Morgan fingerprint density at radius 3 is 1.97 bits per heavy atom. The van der Waals surface area contributed by atoms with E-state index in [1.807, 2.05) is 66.7 Å². The Hall–Kier alpha value is -3.51. The van der Waals surface area contributed by atoms with Crippen LogP contribution in [-0.2, 0) is 0 Å². The lowest BCUT2D eigenvalue weighted by molar-refractivity contribution is 0.0993. The lowest BCUT2D eigenvalue weighted by Crippen LogP contribution is -2.28. The number of carbonyl (C=O) groups is 1. The molecule has 3 rings (SSSR count). The number of rotatable bonds is 11. The fourth-order valence-corrected chi connectivity index (χ4v) is 3.71. The van der Waals surface area contributed by atoms with Crippen LogP contribution in [0.2, 0.25) is 0 Å². The monoisotopic (exact) mass is 462 g/mol. The molecule has 0 saturated heterocycles. The molecule has 0 spiro atoms. The van der Waals surface area contributed by atoms with E-state index < -0.39 is 0 Å². The number of amides is 1. The fraction of sp³-hybridized carbons (Fsp3) is 0.321. The topological polar surface area (TPSA) is 51.2 Å². The number of ether oxygens (including phenoxy) is 3. The molecule has 0 aliphatic rings. The summed E-state index contributed by atoms with van der Waals surface area (Å²) in [6, 6.07) is 21.0. The third-order valence-corrected chi connectivity index (χ3v) is 5.95. The van der Waals surface area contributed by atoms with Gasteiger partial charge in [0.05, 0.1) is 14.2 Å². The van der Waals surface area contributed by atoms with E-state index in [-0.39, 0.29) is 5.91 Å². The first-order valence-corrected chi connectivity index (χ1v) is 11.6. The predicted molar refractivity (Wildman–Crippen MR) is 137 cm³/mol. The molecule has 34 heavy (non-hydrogen) atoms. The van der Waals surface area contributed by atoms with Gasteiger partial charge in [0.2, 0.25) is 0 Å². The van der Waals surface area contributed by atoms with Crippen molar-refractivity contribution in [3.05, 3.63) is 72.3 Å². The predicted octanol–water partition coefficient (Wildman–Crippen LogP) is 5.37. The normalized spacial score (nSPS) is 10.8. The molecular weight excluding hydrogens is 428 g/mol. The maximum atomic E-state index is 13.1.